The molecule has 0 radical (unpaired) electrons. The van der Waals surface area contributed by atoms with Gasteiger partial charge in [-0.15, -0.1) is 0 Å². The number of Topliss-reactive ketones (excluding diaryl/α,β-unsaturated/α-hetero) is 1. The van der Waals surface area contributed by atoms with Gasteiger partial charge in [0.1, 0.15) is 5.78 Å². The summed E-state index contributed by atoms with van der Waals surface area (Å²) in [4.78, 5) is 23.0. The second kappa shape index (κ2) is 7.38. The van der Waals surface area contributed by atoms with E-state index >= 15 is 0 Å². The first-order chi connectivity index (χ1) is 11.6. The van der Waals surface area contributed by atoms with Gasteiger partial charge in [0, 0.05) is 19.3 Å². The second-order valence-electron chi connectivity index (χ2n) is 6.24. The number of nitrogens with zero attached hydrogens (tertiary/aromatic N) is 4. The number of hydrogen-bond donors (Lipinski definition) is 0. The van der Waals surface area contributed by atoms with Crippen molar-refractivity contribution in [3.8, 4) is 0 Å². The van der Waals surface area contributed by atoms with Gasteiger partial charge in [-0.2, -0.15) is 0 Å². The van der Waals surface area contributed by atoms with Crippen molar-refractivity contribution >= 4 is 27.5 Å². The van der Waals surface area contributed by atoms with E-state index in [-0.39, 0.29) is 10.9 Å². The average Bonchev–Trinajstić information content (AvgIpc) is 2.85. The number of benzene rings is 1. The third-order valence-corrected chi connectivity index (χ3v) is 4.80. The molecule has 24 heavy (non-hydrogen) atoms. The van der Waals surface area contributed by atoms with Crippen LogP contribution >= 0.6 is 15.9 Å². The Morgan fingerprint density at radius 1 is 1.33 bits per heavy atom. The van der Waals surface area contributed by atoms with E-state index in [9.17, 15) is 4.79 Å². The van der Waals surface area contributed by atoms with E-state index in [2.05, 4.69) is 63.1 Å². The Bertz CT molecular complexity index is 658. The first kappa shape index (κ1) is 17.0. The molecule has 5 nitrogen and oxygen atoms in total. The van der Waals surface area contributed by atoms with Crippen LogP contribution in [-0.2, 0) is 11.3 Å². The van der Waals surface area contributed by atoms with Crippen molar-refractivity contribution in [2.45, 2.75) is 31.9 Å². The van der Waals surface area contributed by atoms with Crippen LogP contribution in [-0.4, -0.2) is 51.2 Å². The SMILES string of the molecule is CCCN1C=C2C(=NC(Br)N2CC(C)=O)N(Cc2ccccc2)C1. The lowest BCUT2D eigenvalue weighted by Crippen LogP contribution is -2.46. The van der Waals surface area contributed by atoms with Gasteiger partial charge in [0.05, 0.1) is 18.9 Å². The van der Waals surface area contributed by atoms with E-state index in [4.69, 9.17) is 4.99 Å². The Balaban J connectivity index is 1.87. The number of carbonyl (C=O) groups excluding carboxylic acids is 1. The maximum absolute atomic E-state index is 11.6. The zero-order valence-electron chi connectivity index (χ0n) is 14.2. The summed E-state index contributed by atoms with van der Waals surface area (Å²) in [5, 5.41) is -0.178. The van der Waals surface area contributed by atoms with Gasteiger partial charge in [-0.1, -0.05) is 37.3 Å². The molecule has 128 valence electrons. The number of rotatable bonds is 6. The number of halogens is 1. The summed E-state index contributed by atoms with van der Waals surface area (Å²) < 4.78 is 0. The van der Waals surface area contributed by atoms with Crippen LogP contribution in [0.2, 0.25) is 0 Å². The van der Waals surface area contributed by atoms with E-state index in [0.29, 0.717) is 6.54 Å². The van der Waals surface area contributed by atoms with Crippen molar-refractivity contribution in [1.29, 1.82) is 0 Å². The molecule has 0 fully saturated rings. The fraction of sp³-hybridized carbons (Fsp3) is 0.444. The van der Waals surface area contributed by atoms with Crippen molar-refractivity contribution in [3.63, 3.8) is 0 Å². The smallest absolute Gasteiger partial charge is 0.180 e. The molecule has 0 aromatic heterocycles. The summed E-state index contributed by atoms with van der Waals surface area (Å²) in [7, 11) is 0. The molecule has 0 bridgehead atoms. The van der Waals surface area contributed by atoms with Gasteiger partial charge in [-0.3, -0.25) is 4.79 Å². The van der Waals surface area contributed by atoms with Crippen LogP contribution in [0.25, 0.3) is 0 Å². The second-order valence-corrected chi connectivity index (χ2v) is 7.06. The van der Waals surface area contributed by atoms with E-state index in [1.54, 1.807) is 6.92 Å². The van der Waals surface area contributed by atoms with Gasteiger partial charge in [0.15, 0.2) is 10.9 Å². The van der Waals surface area contributed by atoms with Gasteiger partial charge in [-0.25, -0.2) is 4.99 Å². The number of fused-ring (bicyclic) bond motifs is 1. The Morgan fingerprint density at radius 2 is 2.08 bits per heavy atom. The molecule has 6 heteroatoms. The number of hydrogen-bond acceptors (Lipinski definition) is 5. The van der Waals surface area contributed by atoms with Crippen LogP contribution < -0.4 is 0 Å². The summed E-state index contributed by atoms with van der Waals surface area (Å²) in [5.41, 5.74) is 2.29. The molecular weight excluding hydrogens is 368 g/mol. The first-order valence-electron chi connectivity index (χ1n) is 8.31. The molecule has 3 rings (SSSR count). The molecule has 2 aliphatic rings. The first-order valence-corrected chi connectivity index (χ1v) is 9.23. The standard InChI is InChI=1S/C18H23BrN4O/c1-3-9-21-12-16-17(20-18(19)23(16)10-14(2)24)22(13-21)11-15-7-5-4-6-8-15/h4-8,12,18H,3,9-11,13H2,1-2H3. The topological polar surface area (TPSA) is 39.1 Å². The van der Waals surface area contributed by atoms with Crippen LogP contribution in [0.4, 0.5) is 0 Å². The highest BCUT2D eigenvalue weighted by Crippen LogP contribution is 2.30. The monoisotopic (exact) mass is 390 g/mol. The molecule has 2 aliphatic heterocycles. The molecule has 0 saturated carbocycles. The maximum atomic E-state index is 11.6. The maximum Gasteiger partial charge on any atom is 0.180 e. The highest BCUT2D eigenvalue weighted by atomic mass is 79.9. The minimum absolute atomic E-state index is 0.138. The highest BCUT2D eigenvalue weighted by Gasteiger charge is 2.36. The van der Waals surface area contributed by atoms with E-state index < -0.39 is 0 Å². The zero-order chi connectivity index (χ0) is 17.1. The zero-order valence-corrected chi connectivity index (χ0v) is 15.7. The predicted octanol–water partition coefficient (Wildman–Crippen LogP) is 2.99. The number of carbonyl (C=O) groups is 1. The minimum atomic E-state index is -0.178. The molecule has 1 unspecified atom stereocenters. The summed E-state index contributed by atoms with van der Waals surface area (Å²) in [6.07, 6.45) is 3.23. The van der Waals surface area contributed by atoms with E-state index in [1.165, 1.54) is 5.56 Å². The van der Waals surface area contributed by atoms with E-state index in [1.807, 2.05) is 11.0 Å². The molecule has 1 aromatic rings. The lowest BCUT2D eigenvalue weighted by molar-refractivity contribution is -0.117. The molecule has 2 heterocycles. The van der Waals surface area contributed by atoms with Gasteiger partial charge in [-0.05, 0) is 34.8 Å². The number of ketones is 1. The highest BCUT2D eigenvalue weighted by molar-refractivity contribution is 9.09. The Kier molecular flexibility index (Phi) is 5.23. The summed E-state index contributed by atoms with van der Waals surface area (Å²) >= 11 is 3.60. The van der Waals surface area contributed by atoms with Gasteiger partial charge in [0.2, 0.25) is 0 Å². The molecule has 1 aromatic carbocycles. The molecule has 0 saturated heterocycles. The Hall–Kier alpha value is -1.82. The average molecular weight is 391 g/mol. The number of amidine groups is 1. The molecular formula is C18H23BrN4O. The predicted molar refractivity (Wildman–Crippen MR) is 99.5 cm³/mol. The molecule has 0 aliphatic carbocycles. The number of alkyl halides is 1. The van der Waals surface area contributed by atoms with Crippen molar-refractivity contribution in [3.05, 3.63) is 47.8 Å². The van der Waals surface area contributed by atoms with Crippen LogP contribution in [0, 0.1) is 0 Å². The van der Waals surface area contributed by atoms with Crippen LogP contribution in [0.3, 0.4) is 0 Å². The normalized spacial score (nSPS) is 20.0. The largest absolute Gasteiger partial charge is 0.358 e. The lowest BCUT2D eigenvalue weighted by atomic mass is 10.2. The fourth-order valence-corrected chi connectivity index (χ4v) is 3.67. The van der Waals surface area contributed by atoms with Crippen molar-refractivity contribution < 1.29 is 4.79 Å². The van der Waals surface area contributed by atoms with Gasteiger partial charge >= 0.3 is 0 Å². The Labute approximate surface area is 151 Å². The summed E-state index contributed by atoms with van der Waals surface area (Å²) in [6, 6.07) is 10.4. The minimum Gasteiger partial charge on any atom is -0.358 e. The van der Waals surface area contributed by atoms with Crippen LogP contribution in [0.1, 0.15) is 25.8 Å². The molecule has 0 N–H and O–H groups in total. The summed E-state index contributed by atoms with van der Waals surface area (Å²) in [5.74, 6) is 1.10. The Morgan fingerprint density at radius 3 is 2.75 bits per heavy atom. The molecule has 0 spiro atoms. The van der Waals surface area contributed by atoms with E-state index in [0.717, 1.165) is 37.7 Å². The third kappa shape index (κ3) is 3.64. The van der Waals surface area contributed by atoms with Crippen molar-refractivity contribution in [2.75, 3.05) is 19.8 Å². The quantitative estimate of drug-likeness (QED) is 0.552. The van der Waals surface area contributed by atoms with Crippen LogP contribution in [0.15, 0.2) is 47.2 Å². The van der Waals surface area contributed by atoms with Gasteiger partial charge < -0.3 is 14.7 Å². The fourth-order valence-electron chi connectivity index (χ4n) is 3.11. The molecule has 0 amide bonds. The van der Waals surface area contributed by atoms with Crippen molar-refractivity contribution in [2.24, 2.45) is 4.99 Å². The van der Waals surface area contributed by atoms with Gasteiger partial charge in [0.25, 0.3) is 0 Å². The summed E-state index contributed by atoms with van der Waals surface area (Å²) in [6.45, 7) is 6.78. The molecule has 1 atom stereocenters. The van der Waals surface area contributed by atoms with Crippen molar-refractivity contribution in [1.82, 2.24) is 14.7 Å². The lowest BCUT2D eigenvalue weighted by Gasteiger charge is -2.37. The number of aliphatic imine (C=N–C) groups is 1. The third-order valence-electron chi connectivity index (χ3n) is 4.10. The van der Waals surface area contributed by atoms with Crippen LogP contribution in [0.5, 0.6) is 0 Å².